The number of halogens is 2. The summed E-state index contributed by atoms with van der Waals surface area (Å²) in [4.78, 5) is 12.9. The zero-order chi connectivity index (χ0) is 21.8. The second-order valence-corrected chi connectivity index (χ2v) is 7.31. The summed E-state index contributed by atoms with van der Waals surface area (Å²) in [5.74, 6) is -0.139. The van der Waals surface area contributed by atoms with E-state index in [0.717, 1.165) is 16.6 Å². The van der Waals surface area contributed by atoms with E-state index in [9.17, 15) is 9.18 Å². The lowest BCUT2D eigenvalue weighted by Crippen LogP contribution is -2.23. The minimum atomic E-state index is -0.294. The van der Waals surface area contributed by atoms with E-state index >= 15 is 0 Å². The van der Waals surface area contributed by atoms with Gasteiger partial charge in [-0.05, 0) is 53.6 Å². The van der Waals surface area contributed by atoms with Gasteiger partial charge < -0.3 is 10.1 Å². The van der Waals surface area contributed by atoms with Gasteiger partial charge in [-0.15, -0.1) is 0 Å². The third-order valence-corrected chi connectivity index (χ3v) is 5.04. The van der Waals surface area contributed by atoms with Crippen LogP contribution in [-0.2, 0) is 6.54 Å². The number of hydrogen-bond donors (Lipinski definition) is 2. The summed E-state index contributed by atoms with van der Waals surface area (Å²) in [6, 6.07) is 16.9. The maximum atomic E-state index is 13.1. The summed E-state index contributed by atoms with van der Waals surface area (Å²) in [7, 11) is 1.52. The monoisotopic (exact) mass is 435 g/mol. The van der Waals surface area contributed by atoms with Crippen LogP contribution in [-0.4, -0.2) is 23.2 Å². The van der Waals surface area contributed by atoms with Gasteiger partial charge in [0.1, 0.15) is 11.6 Å². The van der Waals surface area contributed by atoms with Crippen LogP contribution < -0.4 is 10.1 Å². The Morgan fingerprint density at radius 1 is 1.16 bits per heavy atom. The Kier molecular flexibility index (Phi) is 6.00. The zero-order valence-electron chi connectivity index (χ0n) is 16.7. The first-order valence-corrected chi connectivity index (χ1v) is 9.94. The molecule has 4 aromatic rings. The summed E-state index contributed by atoms with van der Waals surface area (Å²) < 4.78 is 18.7. The predicted molar refractivity (Wildman–Crippen MR) is 121 cm³/mol. The molecule has 0 atom stereocenters. The van der Waals surface area contributed by atoms with Gasteiger partial charge in [0.2, 0.25) is 0 Å². The topological polar surface area (TPSA) is 67.0 Å². The number of benzene rings is 3. The lowest BCUT2D eigenvalue weighted by molar-refractivity contribution is 0.0948. The largest absolute Gasteiger partial charge is 0.495 e. The van der Waals surface area contributed by atoms with Crippen molar-refractivity contribution >= 4 is 40.6 Å². The fraction of sp³-hybridized carbons (Fsp3) is 0.0833. The van der Waals surface area contributed by atoms with Gasteiger partial charge in [-0.2, -0.15) is 5.10 Å². The van der Waals surface area contributed by atoms with Crippen molar-refractivity contribution in [1.82, 2.24) is 15.5 Å². The Hall–Kier alpha value is -3.64. The standard InChI is InChI=1S/C24H19ClFN3O2/c1-31-23-19(24(30)27-14-16-3-2-4-17(25)13-16)10-12-21-22(23)20(28-29-21)11-7-15-5-8-18(26)9-6-15/h2-13H,14H2,1H3,(H,27,30)(H,28,29). The summed E-state index contributed by atoms with van der Waals surface area (Å²) >= 11 is 6.01. The van der Waals surface area contributed by atoms with Crippen molar-refractivity contribution in [3.05, 3.63) is 93.9 Å². The highest BCUT2D eigenvalue weighted by molar-refractivity contribution is 6.30. The van der Waals surface area contributed by atoms with Crippen molar-refractivity contribution in [3.63, 3.8) is 0 Å². The number of hydrogen-bond acceptors (Lipinski definition) is 3. The molecule has 1 amide bonds. The molecule has 2 N–H and O–H groups in total. The van der Waals surface area contributed by atoms with Gasteiger partial charge in [-0.25, -0.2) is 4.39 Å². The minimum Gasteiger partial charge on any atom is -0.495 e. The highest BCUT2D eigenvalue weighted by Gasteiger charge is 2.18. The molecule has 5 nitrogen and oxygen atoms in total. The fourth-order valence-electron chi connectivity index (χ4n) is 3.29. The Morgan fingerprint density at radius 3 is 2.71 bits per heavy atom. The Labute approximate surface area is 183 Å². The van der Waals surface area contributed by atoms with Crippen molar-refractivity contribution in [3.8, 4) is 5.75 Å². The van der Waals surface area contributed by atoms with Gasteiger partial charge in [0, 0.05) is 11.6 Å². The smallest absolute Gasteiger partial charge is 0.255 e. The lowest BCUT2D eigenvalue weighted by atomic mass is 10.1. The normalized spacial score (nSPS) is 11.2. The average Bonchev–Trinajstić information content (AvgIpc) is 3.19. The molecule has 0 aliphatic carbocycles. The highest BCUT2D eigenvalue weighted by atomic mass is 35.5. The van der Waals surface area contributed by atoms with Crippen molar-refractivity contribution in [1.29, 1.82) is 0 Å². The molecule has 0 fully saturated rings. The molecule has 0 saturated heterocycles. The Bertz CT molecular complexity index is 1270. The molecule has 0 aliphatic heterocycles. The van der Waals surface area contributed by atoms with E-state index in [2.05, 4.69) is 15.5 Å². The number of carbonyl (C=O) groups is 1. The number of nitrogens with zero attached hydrogens (tertiary/aromatic N) is 1. The molecule has 0 saturated carbocycles. The molecule has 3 aromatic carbocycles. The van der Waals surface area contributed by atoms with E-state index in [-0.39, 0.29) is 11.7 Å². The van der Waals surface area contributed by atoms with Crippen LogP contribution in [0.15, 0.2) is 60.7 Å². The first kappa shape index (κ1) is 20.6. The second-order valence-electron chi connectivity index (χ2n) is 6.88. The fourth-order valence-corrected chi connectivity index (χ4v) is 3.50. The number of amides is 1. The summed E-state index contributed by atoms with van der Waals surface area (Å²) in [5, 5.41) is 11.5. The molecular formula is C24H19ClFN3O2. The van der Waals surface area contributed by atoms with E-state index in [1.807, 2.05) is 18.2 Å². The highest BCUT2D eigenvalue weighted by Crippen LogP contribution is 2.32. The molecule has 31 heavy (non-hydrogen) atoms. The molecular weight excluding hydrogens is 417 g/mol. The molecule has 0 spiro atoms. The third-order valence-electron chi connectivity index (χ3n) is 4.81. The maximum absolute atomic E-state index is 13.1. The molecule has 0 bridgehead atoms. The van der Waals surface area contributed by atoms with Gasteiger partial charge >= 0.3 is 0 Å². The van der Waals surface area contributed by atoms with Crippen molar-refractivity contribution in [2.45, 2.75) is 6.54 Å². The minimum absolute atomic E-state index is 0.270. The molecule has 1 heterocycles. The van der Waals surface area contributed by atoms with Crippen molar-refractivity contribution in [2.75, 3.05) is 7.11 Å². The number of aromatic nitrogens is 2. The van der Waals surface area contributed by atoms with Crippen LogP contribution in [0.5, 0.6) is 5.75 Å². The van der Waals surface area contributed by atoms with Gasteiger partial charge in [-0.3, -0.25) is 9.89 Å². The maximum Gasteiger partial charge on any atom is 0.255 e. The number of nitrogens with one attached hydrogen (secondary N) is 2. The number of H-pyrrole nitrogens is 1. The van der Waals surface area contributed by atoms with Crippen LogP contribution in [0.4, 0.5) is 4.39 Å². The van der Waals surface area contributed by atoms with Crippen LogP contribution in [0.25, 0.3) is 23.1 Å². The molecule has 0 radical (unpaired) electrons. The van der Waals surface area contributed by atoms with Gasteiger partial charge in [-0.1, -0.05) is 41.9 Å². The summed E-state index contributed by atoms with van der Waals surface area (Å²) in [6.45, 7) is 0.337. The predicted octanol–water partition coefficient (Wildman–Crippen LogP) is 5.46. The Morgan fingerprint density at radius 2 is 1.97 bits per heavy atom. The quantitative estimate of drug-likeness (QED) is 0.422. The molecule has 4 rings (SSSR count). The van der Waals surface area contributed by atoms with Crippen LogP contribution in [0.1, 0.15) is 27.2 Å². The van der Waals surface area contributed by atoms with E-state index in [1.54, 1.807) is 42.5 Å². The number of methoxy groups -OCH3 is 1. The number of aromatic amines is 1. The molecule has 0 unspecified atom stereocenters. The average molecular weight is 436 g/mol. The second kappa shape index (κ2) is 9.02. The van der Waals surface area contributed by atoms with Crippen LogP contribution >= 0.6 is 11.6 Å². The van der Waals surface area contributed by atoms with Crippen LogP contribution in [0.2, 0.25) is 5.02 Å². The third kappa shape index (κ3) is 4.59. The lowest BCUT2D eigenvalue weighted by Gasteiger charge is -2.11. The van der Waals surface area contributed by atoms with Crippen molar-refractivity contribution < 1.29 is 13.9 Å². The van der Waals surface area contributed by atoms with E-state index in [0.29, 0.717) is 34.0 Å². The van der Waals surface area contributed by atoms with Crippen molar-refractivity contribution in [2.24, 2.45) is 0 Å². The summed E-state index contributed by atoms with van der Waals surface area (Å²) in [5.41, 5.74) is 3.47. The zero-order valence-corrected chi connectivity index (χ0v) is 17.4. The first-order valence-electron chi connectivity index (χ1n) is 9.56. The van der Waals surface area contributed by atoms with Gasteiger partial charge in [0.25, 0.3) is 5.91 Å². The van der Waals surface area contributed by atoms with E-state index in [4.69, 9.17) is 16.3 Å². The van der Waals surface area contributed by atoms with Crippen LogP contribution in [0, 0.1) is 5.82 Å². The van der Waals surface area contributed by atoms with Gasteiger partial charge in [0.05, 0.1) is 29.3 Å². The van der Waals surface area contributed by atoms with Gasteiger partial charge in [0.15, 0.2) is 0 Å². The summed E-state index contributed by atoms with van der Waals surface area (Å²) in [6.07, 6.45) is 3.61. The number of rotatable bonds is 6. The SMILES string of the molecule is COc1c(C(=O)NCc2cccc(Cl)c2)ccc2[nH]nc(C=Cc3ccc(F)cc3)c12. The number of fused-ring (bicyclic) bond motifs is 1. The molecule has 0 aliphatic rings. The Balaban J connectivity index is 1.63. The number of ether oxygens (including phenoxy) is 1. The first-order chi connectivity index (χ1) is 15.0. The van der Waals surface area contributed by atoms with Crippen LogP contribution in [0.3, 0.4) is 0 Å². The van der Waals surface area contributed by atoms with E-state index in [1.165, 1.54) is 19.2 Å². The molecule has 7 heteroatoms. The van der Waals surface area contributed by atoms with E-state index < -0.39 is 0 Å². The molecule has 156 valence electrons. The number of carbonyl (C=O) groups excluding carboxylic acids is 1. The molecule has 1 aromatic heterocycles.